The molecule has 1 aliphatic carbocycles. The van der Waals surface area contributed by atoms with Crippen LogP contribution in [0.2, 0.25) is 0 Å². The van der Waals surface area contributed by atoms with Crippen LogP contribution in [-0.4, -0.2) is 12.2 Å². The highest BCUT2D eigenvalue weighted by molar-refractivity contribution is 9.11. The fourth-order valence-electron chi connectivity index (χ4n) is 3.93. The summed E-state index contributed by atoms with van der Waals surface area (Å²) < 4.78 is 11.8. The van der Waals surface area contributed by atoms with Crippen LogP contribution in [0.1, 0.15) is 56.7 Å². The van der Waals surface area contributed by atoms with Gasteiger partial charge in [-0.25, -0.2) is 0 Å². The number of aryl methyl sites for hydroxylation is 2. The molecule has 0 saturated heterocycles. The van der Waals surface area contributed by atoms with Gasteiger partial charge in [-0.3, -0.25) is 0 Å². The third kappa shape index (κ3) is 6.07. The second-order valence-electron chi connectivity index (χ2n) is 8.19. The number of aliphatic hydroxyl groups is 1. The Hall–Kier alpha value is -2.40. The first-order chi connectivity index (χ1) is 14.6. The number of hydrogen-bond donors (Lipinski definition) is 2. The van der Waals surface area contributed by atoms with E-state index in [9.17, 15) is 5.11 Å². The maximum Gasteiger partial charge on any atom is 0.139 e. The molecule has 1 atom stereocenters. The normalized spacial score (nSPS) is 19.8. The molecule has 0 fully saturated rings. The lowest BCUT2D eigenvalue weighted by molar-refractivity contribution is 0.300. The number of aliphatic hydroxyl groups excluding tert-OH is 1. The van der Waals surface area contributed by atoms with E-state index in [0.29, 0.717) is 21.6 Å². The van der Waals surface area contributed by atoms with Crippen LogP contribution < -0.4 is 10.1 Å². The number of fused-ring (bicyclic) bond motifs is 1. The topological polar surface area (TPSA) is 50.7 Å². The van der Waals surface area contributed by atoms with Gasteiger partial charge in [0.2, 0.25) is 0 Å². The van der Waals surface area contributed by atoms with Crippen LogP contribution in [0, 0.1) is 6.92 Å². The fourth-order valence-corrected chi connectivity index (χ4v) is 4.24. The predicted octanol–water partition coefficient (Wildman–Crippen LogP) is 7.22. The standard InChI is InChI=1S/C26H34BrNO3/c1-8-24(30-7)19(5)28-18(4)23(29)14-21(27)16-31-25-15-22-20(13-17(25)3)11-10-12-26(22,6)9-2/h8,13-16,28-29H,1,4,9-12H2,2-3,5-7H3/b21-16-,23-14-,24-19-. The van der Waals surface area contributed by atoms with Gasteiger partial charge < -0.3 is 19.9 Å². The molecule has 0 amide bonds. The van der Waals surface area contributed by atoms with E-state index in [2.05, 4.69) is 67.3 Å². The van der Waals surface area contributed by atoms with Crippen molar-refractivity contribution in [3.63, 3.8) is 0 Å². The van der Waals surface area contributed by atoms with E-state index in [-0.39, 0.29) is 11.2 Å². The SMILES string of the molecule is C=C/C(OC)=C(\C)NC(=C)/C(O)=C/C(Br)=C/Oc1cc2c(cc1C)CCCC2(C)CC. The smallest absolute Gasteiger partial charge is 0.139 e. The fraction of sp³-hybridized carbons (Fsp3) is 0.385. The molecule has 5 heteroatoms. The minimum absolute atomic E-state index is 0.0219. The number of rotatable bonds is 9. The maximum absolute atomic E-state index is 10.4. The van der Waals surface area contributed by atoms with Crippen molar-refractivity contribution < 1.29 is 14.6 Å². The van der Waals surface area contributed by atoms with Gasteiger partial charge in [0, 0.05) is 0 Å². The zero-order valence-corrected chi connectivity index (χ0v) is 20.9. The van der Waals surface area contributed by atoms with Crippen molar-refractivity contribution >= 4 is 15.9 Å². The monoisotopic (exact) mass is 487 g/mol. The van der Waals surface area contributed by atoms with Crippen molar-refractivity contribution in [3.8, 4) is 5.75 Å². The number of ether oxygens (including phenoxy) is 2. The summed E-state index contributed by atoms with van der Waals surface area (Å²) in [5.74, 6) is 1.39. The molecule has 168 valence electrons. The van der Waals surface area contributed by atoms with E-state index in [1.165, 1.54) is 30.0 Å². The van der Waals surface area contributed by atoms with Gasteiger partial charge in [0.25, 0.3) is 0 Å². The first-order valence-corrected chi connectivity index (χ1v) is 11.3. The van der Waals surface area contributed by atoms with Crippen molar-refractivity contribution in [2.75, 3.05) is 7.11 Å². The van der Waals surface area contributed by atoms with E-state index in [1.54, 1.807) is 19.4 Å². The van der Waals surface area contributed by atoms with Crippen LogP contribution in [0.4, 0.5) is 0 Å². The highest BCUT2D eigenvalue weighted by Gasteiger charge is 2.31. The van der Waals surface area contributed by atoms with Crippen molar-refractivity contribution in [2.45, 2.75) is 58.8 Å². The first kappa shape index (κ1) is 24.9. The molecule has 1 aromatic rings. The number of methoxy groups -OCH3 is 1. The summed E-state index contributed by atoms with van der Waals surface area (Å²) in [4.78, 5) is 0. The molecule has 0 spiro atoms. The summed E-state index contributed by atoms with van der Waals surface area (Å²) >= 11 is 3.44. The van der Waals surface area contributed by atoms with Gasteiger partial charge in [-0.2, -0.15) is 0 Å². The number of allylic oxidation sites excluding steroid dienone is 4. The molecule has 2 rings (SSSR count). The third-order valence-corrected chi connectivity index (χ3v) is 6.42. The van der Waals surface area contributed by atoms with Crippen molar-refractivity contribution in [2.24, 2.45) is 0 Å². The number of nitrogens with one attached hydrogen (secondary N) is 1. The third-order valence-electron chi connectivity index (χ3n) is 6.00. The lowest BCUT2D eigenvalue weighted by Gasteiger charge is -2.36. The molecule has 4 nitrogen and oxygen atoms in total. The van der Waals surface area contributed by atoms with Crippen LogP contribution in [-0.2, 0) is 16.6 Å². The first-order valence-electron chi connectivity index (χ1n) is 10.6. The van der Waals surface area contributed by atoms with E-state index in [4.69, 9.17) is 9.47 Å². The summed E-state index contributed by atoms with van der Waals surface area (Å²) in [7, 11) is 1.56. The molecule has 31 heavy (non-hydrogen) atoms. The summed E-state index contributed by atoms with van der Waals surface area (Å²) in [6.07, 6.45) is 9.38. The Balaban J connectivity index is 2.18. The van der Waals surface area contributed by atoms with E-state index >= 15 is 0 Å². The van der Waals surface area contributed by atoms with Gasteiger partial charge in [-0.05, 0) is 95.8 Å². The minimum Gasteiger partial charge on any atom is -0.506 e. The second kappa shape index (κ2) is 10.8. The highest BCUT2D eigenvalue weighted by atomic mass is 79.9. The van der Waals surface area contributed by atoms with Gasteiger partial charge in [-0.15, -0.1) is 0 Å². The van der Waals surface area contributed by atoms with E-state index < -0.39 is 0 Å². The summed E-state index contributed by atoms with van der Waals surface area (Å²) in [5.41, 5.74) is 5.15. The van der Waals surface area contributed by atoms with Gasteiger partial charge >= 0.3 is 0 Å². The quantitative estimate of drug-likeness (QED) is 0.285. The molecule has 2 N–H and O–H groups in total. The van der Waals surface area contributed by atoms with Gasteiger partial charge in [-0.1, -0.05) is 33.1 Å². The van der Waals surface area contributed by atoms with Gasteiger partial charge in [0.15, 0.2) is 0 Å². The van der Waals surface area contributed by atoms with E-state index in [0.717, 1.165) is 24.2 Å². The zero-order chi connectivity index (χ0) is 23.2. The Kier molecular flexibility index (Phi) is 8.63. The van der Waals surface area contributed by atoms with Crippen LogP contribution in [0.5, 0.6) is 5.75 Å². The van der Waals surface area contributed by atoms with Crippen LogP contribution in [0.25, 0.3) is 0 Å². The molecule has 0 saturated carbocycles. The van der Waals surface area contributed by atoms with Crippen LogP contribution >= 0.6 is 15.9 Å². The van der Waals surface area contributed by atoms with Crippen LogP contribution in [0.15, 0.2) is 71.1 Å². The summed E-state index contributed by atoms with van der Waals surface area (Å²) in [5, 5.41) is 13.4. The molecule has 0 heterocycles. The maximum atomic E-state index is 10.4. The second-order valence-corrected chi connectivity index (χ2v) is 9.11. The molecule has 0 aliphatic heterocycles. The number of halogens is 1. The zero-order valence-electron chi connectivity index (χ0n) is 19.3. The van der Waals surface area contributed by atoms with Crippen molar-refractivity contribution in [1.29, 1.82) is 0 Å². The van der Waals surface area contributed by atoms with Crippen molar-refractivity contribution in [3.05, 3.63) is 87.8 Å². The number of benzene rings is 1. The minimum atomic E-state index is -0.0219. The molecular weight excluding hydrogens is 454 g/mol. The summed E-state index contributed by atoms with van der Waals surface area (Å²) in [6.45, 7) is 16.0. The molecule has 0 bridgehead atoms. The van der Waals surface area contributed by atoms with Crippen LogP contribution in [0.3, 0.4) is 0 Å². The Bertz CT molecular complexity index is 942. The largest absolute Gasteiger partial charge is 0.506 e. The molecule has 1 aromatic carbocycles. The molecule has 1 aliphatic rings. The molecule has 0 radical (unpaired) electrons. The predicted molar refractivity (Wildman–Crippen MR) is 132 cm³/mol. The summed E-state index contributed by atoms with van der Waals surface area (Å²) in [6, 6.07) is 4.44. The number of hydrogen-bond acceptors (Lipinski definition) is 4. The van der Waals surface area contributed by atoms with Gasteiger partial charge in [0.05, 0.1) is 23.0 Å². The molecular formula is C26H34BrNO3. The average molecular weight is 488 g/mol. The lowest BCUT2D eigenvalue weighted by atomic mass is 9.69. The van der Waals surface area contributed by atoms with Crippen molar-refractivity contribution in [1.82, 2.24) is 5.32 Å². The lowest BCUT2D eigenvalue weighted by Crippen LogP contribution is -2.26. The molecule has 0 aromatic heterocycles. The Labute approximate surface area is 195 Å². The highest BCUT2D eigenvalue weighted by Crippen LogP contribution is 2.42. The Morgan fingerprint density at radius 3 is 2.71 bits per heavy atom. The Morgan fingerprint density at radius 1 is 1.39 bits per heavy atom. The van der Waals surface area contributed by atoms with Gasteiger partial charge in [0.1, 0.15) is 23.5 Å². The Morgan fingerprint density at radius 2 is 2.10 bits per heavy atom. The average Bonchev–Trinajstić information content (AvgIpc) is 2.73. The molecule has 1 unspecified atom stereocenters. The van der Waals surface area contributed by atoms with E-state index in [1.807, 2.05) is 6.92 Å².